The first-order chi connectivity index (χ1) is 5.72. The maximum atomic E-state index is 10.8. The van der Waals surface area contributed by atoms with Gasteiger partial charge in [-0.15, -0.1) is 0 Å². The predicted octanol–water partition coefficient (Wildman–Crippen LogP) is 0.466. The molecule has 4 heteroatoms. The number of methoxy groups -OCH3 is 1. The van der Waals surface area contributed by atoms with Crippen LogP contribution in [0, 0.1) is 0 Å². The fourth-order valence-electron chi connectivity index (χ4n) is 0.742. The molecule has 0 aliphatic heterocycles. The average Bonchev–Trinajstić information content (AvgIpc) is 2.10. The van der Waals surface area contributed by atoms with Gasteiger partial charge in [-0.1, -0.05) is 19.8 Å². The van der Waals surface area contributed by atoms with Gasteiger partial charge in [0.15, 0.2) is 0 Å². The number of carbonyl (C=O) groups is 2. The molecule has 0 bridgehead atoms. The lowest BCUT2D eigenvalue weighted by atomic mass is 10.2. The van der Waals surface area contributed by atoms with Gasteiger partial charge in [-0.05, 0) is 6.42 Å². The zero-order chi connectivity index (χ0) is 9.40. The molecule has 0 aromatic heterocycles. The molecule has 0 saturated carbocycles. The Morgan fingerprint density at radius 1 is 1.33 bits per heavy atom. The van der Waals surface area contributed by atoms with Gasteiger partial charge in [0.2, 0.25) is 0 Å². The number of amides is 1. The molecular weight excluding hydrogens is 158 g/mol. The van der Waals surface area contributed by atoms with Crippen LogP contribution in [-0.2, 0) is 14.3 Å². The summed E-state index contributed by atoms with van der Waals surface area (Å²) in [5.41, 5.74) is 0. The van der Waals surface area contributed by atoms with Gasteiger partial charge in [0, 0.05) is 6.54 Å². The van der Waals surface area contributed by atoms with Gasteiger partial charge in [0.1, 0.15) is 0 Å². The molecule has 4 nitrogen and oxygen atoms in total. The highest BCUT2D eigenvalue weighted by atomic mass is 16.5. The maximum Gasteiger partial charge on any atom is 0.396 e. The summed E-state index contributed by atoms with van der Waals surface area (Å²) in [6, 6.07) is 0. The number of hydrogen-bond acceptors (Lipinski definition) is 3. The summed E-state index contributed by atoms with van der Waals surface area (Å²) in [5, 5.41) is 2.45. The van der Waals surface area contributed by atoms with Crippen molar-refractivity contribution in [2.75, 3.05) is 13.7 Å². The van der Waals surface area contributed by atoms with E-state index in [1.165, 1.54) is 7.11 Å². The number of unbranched alkanes of at least 4 members (excludes halogenated alkanes) is 2. The molecule has 0 spiro atoms. The Kier molecular flexibility index (Phi) is 6.05. The largest absolute Gasteiger partial charge is 0.462 e. The SMILES string of the molecule is CCCCCNC(=O)C(=O)OC. The van der Waals surface area contributed by atoms with Gasteiger partial charge in [0.25, 0.3) is 0 Å². The van der Waals surface area contributed by atoms with Gasteiger partial charge in [-0.2, -0.15) is 0 Å². The van der Waals surface area contributed by atoms with Gasteiger partial charge in [-0.3, -0.25) is 4.79 Å². The van der Waals surface area contributed by atoms with Crippen molar-refractivity contribution in [3.63, 3.8) is 0 Å². The van der Waals surface area contributed by atoms with Crippen molar-refractivity contribution in [1.82, 2.24) is 5.32 Å². The molecule has 0 saturated heterocycles. The van der Waals surface area contributed by atoms with E-state index in [2.05, 4.69) is 17.0 Å². The number of esters is 1. The highest BCUT2D eigenvalue weighted by molar-refractivity contribution is 6.32. The van der Waals surface area contributed by atoms with Gasteiger partial charge in [0.05, 0.1) is 7.11 Å². The normalized spacial score (nSPS) is 9.17. The second kappa shape index (κ2) is 6.64. The van der Waals surface area contributed by atoms with Crippen molar-refractivity contribution < 1.29 is 14.3 Å². The Labute approximate surface area is 72.3 Å². The maximum absolute atomic E-state index is 10.8. The Morgan fingerprint density at radius 3 is 2.50 bits per heavy atom. The van der Waals surface area contributed by atoms with E-state index < -0.39 is 11.9 Å². The second-order valence-corrected chi connectivity index (χ2v) is 2.45. The second-order valence-electron chi connectivity index (χ2n) is 2.45. The minimum Gasteiger partial charge on any atom is -0.462 e. The standard InChI is InChI=1S/C8H15NO3/c1-3-4-5-6-9-7(10)8(11)12-2/h3-6H2,1-2H3,(H,9,10). The number of nitrogens with one attached hydrogen (secondary N) is 1. The Hall–Kier alpha value is -1.06. The fraction of sp³-hybridized carbons (Fsp3) is 0.750. The van der Waals surface area contributed by atoms with Crippen LogP contribution in [0.4, 0.5) is 0 Å². The first kappa shape index (κ1) is 10.9. The molecule has 0 unspecified atom stereocenters. The van der Waals surface area contributed by atoms with Crippen LogP contribution in [0.2, 0.25) is 0 Å². The highest BCUT2D eigenvalue weighted by Gasteiger charge is 2.11. The quantitative estimate of drug-likeness (QED) is 0.382. The number of rotatable bonds is 4. The molecule has 0 atom stereocenters. The van der Waals surface area contributed by atoms with Crippen molar-refractivity contribution in [2.24, 2.45) is 0 Å². The van der Waals surface area contributed by atoms with Gasteiger partial charge >= 0.3 is 11.9 Å². The zero-order valence-electron chi connectivity index (χ0n) is 7.55. The summed E-state index contributed by atoms with van der Waals surface area (Å²) in [4.78, 5) is 21.3. The third-order valence-corrected chi connectivity index (χ3v) is 1.44. The molecule has 0 fully saturated rings. The molecule has 0 aliphatic rings. The summed E-state index contributed by atoms with van der Waals surface area (Å²) >= 11 is 0. The van der Waals surface area contributed by atoms with Crippen LogP contribution in [0.5, 0.6) is 0 Å². The Morgan fingerprint density at radius 2 is 2.00 bits per heavy atom. The Balaban J connectivity index is 3.38. The molecule has 0 heterocycles. The molecule has 1 amide bonds. The predicted molar refractivity (Wildman–Crippen MR) is 44.6 cm³/mol. The van der Waals surface area contributed by atoms with E-state index in [0.717, 1.165) is 19.3 Å². The molecule has 12 heavy (non-hydrogen) atoms. The highest BCUT2D eigenvalue weighted by Crippen LogP contribution is 1.90. The minimum atomic E-state index is -0.827. The molecule has 0 radical (unpaired) electrons. The van der Waals surface area contributed by atoms with E-state index in [-0.39, 0.29) is 0 Å². The zero-order valence-corrected chi connectivity index (χ0v) is 7.55. The van der Waals surface area contributed by atoms with Crippen LogP contribution in [0.3, 0.4) is 0 Å². The smallest absolute Gasteiger partial charge is 0.396 e. The van der Waals surface area contributed by atoms with E-state index in [9.17, 15) is 9.59 Å². The summed E-state index contributed by atoms with van der Waals surface area (Å²) < 4.78 is 4.22. The van der Waals surface area contributed by atoms with E-state index in [4.69, 9.17) is 0 Å². The van der Waals surface area contributed by atoms with Crippen molar-refractivity contribution in [1.29, 1.82) is 0 Å². The molecule has 0 aromatic rings. The summed E-state index contributed by atoms with van der Waals surface area (Å²) in [7, 11) is 1.19. The number of carbonyl (C=O) groups excluding carboxylic acids is 2. The van der Waals surface area contributed by atoms with Crippen LogP contribution in [-0.4, -0.2) is 25.5 Å². The van der Waals surface area contributed by atoms with Crippen molar-refractivity contribution in [3.8, 4) is 0 Å². The van der Waals surface area contributed by atoms with Crippen LogP contribution < -0.4 is 5.32 Å². The first-order valence-corrected chi connectivity index (χ1v) is 4.08. The molecular formula is C8H15NO3. The molecule has 1 N–H and O–H groups in total. The van der Waals surface area contributed by atoms with Crippen molar-refractivity contribution in [2.45, 2.75) is 26.2 Å². The first-order valence-electron chi connectivity index (χ1n) is 4.08. The third-order valence-electron chi connectivity index (χ3n) is 1.44. The summed E-state index contributed by atoms with van der Waals surface area (Å²) in [6.45, 7) is 2.61. The monoisotopic (exact) mass is 173 g/mol. The number of hydrogen-bond donors (Lipinski definition) is 1. The molecule has 70 valence electrons. The Bertz CT molecular complexity index is 156. The fourth-order valence-corrected chi connectivity index (χ4v) is 0.742. The third kappa shape index (κ3) is 4.71. The summed E-state index contributed by atoms with van der Waals surface area (Å²) in [6.07, 6.45) is 3.05. The van der Waals surface area contributed by atoms with Gasteiger partial charge in [-0.25, -0.2) is 4.79 Å². The lowest BCUT2D eigenvalue weighted by molar-refractivity contribution is -0.152. The van der Waals surface area contributed by atoms with Gasteiger partial charge < -0.3 is 10.1 Å². The van der Waals surface area contributed by atoms with Crippen LogP contribution in [0.25, 0.3) is 0 Å². The molecule has 0 rings (SSSR count). The number of ether oxygens (including phenoxy) is 1. The van der Waals surface area contributed by atoms with E-state index in [1.807, 2.05) is 0 Å². The van der Waals surface area contributed by atoms with E-state index in [0.29, 0.717) is 6.54 Å². The topological polar surface area (TPSA) is 55.4 Å². The van der Waals surface area contributed by atoms with E-state index >= 15 is 0 Å². The lowest BCUT2D eigenvalue weighted by Gasteiger charge is -2.01. The van der Waals surface area contributed by atoms with Crippen LogP contribution in [0.15, 0.2) is 0 Å². The van der Waals surface area contributed by atoms with Crippen LogP contribution in [0.1, 0.15) is 26.2 Å². The van der Waals surface area contributed by atoms with Crippen molar-refractivity contribution in [3.05, 3.63) is 0 Å². The molecule has 0 aromatic carbocycles. The molecule has 0 aliphatic carbocycles. The van der Waals surface area contributed by atoms with E-state index in [1.54, 1.807) is 0 Å². The summed E-state index contributed by atoms with van der Waals surface area (Å²) in [5.74, 6) is -1.49. The minimum absolute atomic E-state index is 0.543. The average molecular weight is 173 g/mol. The van der Waals surface area contributed by atoms with Crippen LogP contribution >= 0.6 is 0 Å². The lowest BCUT2D eigenvalue weighted by Crippen LogP contribution is -2.32. The van der Waals surface area contributed by atoms with Crippen molar-refractivity contribution >= 4 is 11.9 Å².